The number of benzene rings is 1. The van der Waals surface area contributed by atoms with Crippen LogP contribution in [0.4, 0.5) is 0 Å². The van der Waals surface area contributed by atoms with Crippen LogP contribution in [0.25, 0.3) is 16.7 Å². The second-order valence-corrected chi connectivity index (χ2v) is 9.51. The van der Waals surface area contributed by atoms with Gasteiger partial charge in [0.25, 0.3) is 5.91 Å². The van der Waals surface area contributed by atoms with Crippen molar-refractivity contribution in [1.82, 2.24) is 24.8 Å². The molecule has 1 aromatic carbocycles. The lowest BCUT2D eigenvalue weighted by Gasteiger charge is -2.19. The van der Waals surface area contributed by atoms with Gasteiger partial charge in [0.15, 0.2) is 5.65 Å². The summed E-state index contributed by atoms with van der Waals surface area (Å²) in [5.74, 6) is 0.795. The first kappa shape index (κ1) is 20.8. The van der Waals surface area contributed by atoms with Gasteiger partial charge in [0, 0.05) is 6.42 Å². The highest BCUT2D eigenvalue weighted by atomic mass is 32.2. The van der Waals surface area contributed by atoms with Crippen molar-refractivity contribution in [3.8, 4) is 5.69 Å². The van der Waals surface area contributed by atoms with E-state index in [1.807, 2.05) is 60.0 Å². The molecule has 1 aliphatic heterocycles. The number of aromatic nitrogens is 4. The number of amides is 1. The molecule has 0 bridgehead atoms. The molecular formula is C24H18N6O2S2. The van der Waals surface area contributed by atoms with Gasteiger partial charge in [-0.05, 0) is 35.7 Å². The maximum absolute atomic E-state index is 13.3. The first-order valence-electron chi connectivity index (χ1n) is 10.6. The van der Waals surface area contributed by atoms with Crippen molar-refractivity contribution in [3.05, 3.63) is 89.4 Å². The molecule has 1 amide bonds. The summed E-state index contributed by atoms with van der Waals surface area (Å²) >= 11 is 2.97. The fraction of sp³-hybridized carbons (Fsp3) is 0.125. The van der Waals surface area contributed by atoms with Crippen molar-refractivity contribution >= 4 is 45.8 Å². The summed E-state index contributed by atoms with van der Waals surface area (Å²) in [4.78, 5) is 23.2. The number of fused-ring (bicyclic) bond motifs is 1. The van der Waals surface area contributed by atoms with Crippen LogP contribution in [0, 0.1) is 0 Å². The number of furan rings is 1. The third-order valence-electron chi connectivity index (χ3n) is 5.51. The number of carbonyl (C=O) groups is 1. The Kier molecular flexibility index (Phi) is 5.44. The zero-order valence-corrected chi connectivity index (χ0v) is 19.4. The molecule has 168 valence electrons. The van der Waals surface area contributed by atoms with Crippen LogP contribution in [0.3, 0.4) is 0 Å². The van der Waals surface area contributed by atoms with Crippen LogP contribution in [0.1, 0.15) is 23.1 Å². The van der Waals surface area contributed by atoms with Crippen LogP contribution in [0.5, 0.6) is 0 Å². The number of nitrogens with zero attached hydrogens (tertiary/aromatic N) is 6. The van der Waals surface area contributed by atoms with Gasteiger partial charge in [0.1, 0.15) is 23.2 Å². The molecule has 5 aromatic rings. The molecule has 0 spiro atoms. The molecule has 0 aliphatic carbocycles. The number of hydrogen-bond acceptors (Lipinski definition) is 8. The number of thiophene rings is 1. The van der Waals surface area contributed by atoms with E-state index in [1.165, 1.54) is 18.1 Å². The van der Waals surface area contributed by atoms with Gasteiger partial charge in [-0.1, -0.05) is 36.0 Å². The molecular weight excluding hydrogens is 468 g/mol. The molecule has 4 aromatic heterocycles. The van der Waals surface area contributed by atoms with Crippen molar-refractivity contribution in [2.24, 2.45) is 5.10 Å². The van der Waals surface area contributed by atoms with E-state index < -0.39 is 0 Å². The third-order valence-corrected chi connectivity index (χ3v) is 7.41. The molecule has 34 heavy (non-hydrogen) atoms. The highest BCUT2D eigenvalue weighted by Gasteiger charge is 2.35. The van der Waals surface area contributed by atoms with E-state index >= 15 is 0 Å². The number of rotatable bonds is 6. The minimum Gasteiger partial charge on any atom is -0.467 e. The van der Waals surface area contributed by atoms with Crippen molar-refractivity contribution in [3.63, 3.8) is 0 Å². The lowest BCUT2D eigenvalue weighted by atomic mass is 10.1. The molecule has 10 heteroatoms. The molecule has 6 rings (SSSR count). The standard InChI is InChI=1S/C24H18N6O2S2/c31-22(30-19(20-8-4-10-32-20)12-18(28-30)21-9-5-11-33-21)14-34-24-17-13-27-29(23(17)25-15-26-24)16-6-2-1-3-7-16/h1-11,13,15,19H,12,14H2. The van der Waals surface area contributed by atoms with E-state index in [0.717, 1.165) is 27.4 Å². The van der Waals surface area contributed by atoms with E-state index in [-0.39, 0.29) is 17.7 Å². The Morgan fingerprint density at radius 1 is 1.12 bits per heavy atom. The molecule has 1 aliphatic rings. The van der Waals surface area contributed by atoms with Gasteiger partial charge < -0.3 is 4.42 Å². The topological polar surface area (TPSA) is 89.4 Å². The normalized spacial score (nSPS) is 15.7. The maximum Gasteiger partial charge on any atom is 0.253 e. The quantitative estimate of drug-likeness (QED) is 0.249. The van der Waals surface area contributed by atoms with Crippen LogP contribution in [0.15, 0.2) is 93.3 Å². The average molecular weight is 487 g/mol. The Hall–Kier alpha value is -3.76. The summed E-state index contributed by atoms with van der Waals surface area (Å²) < 4.78 is 7.40. The summed E-state index contributed by atoms with van der Waals surface area (Å²) in [6, 6.07) is 17.3. The van der Waals surface area contributed by atoms with E-state index in [2.05, 4.69) is 20.2 Å². The monoisotopic (exact) mass is 486 g/mol. The lowest BCUT2D eigenvalue weighted by Crippen LogP contribution is -2.28. The van der Waals surface area contributed by atoms with Gasteiger partial charge >= 0.3 is 0 Å². The van der Waals surface area contributed by atoms with Crippen molar-refractivity contribution in [1.29, 1.82) is 0 Å². The van der Waals surface area contributed by atoms with E-state index in [1.54, 1.807) is 33.5 Å². The van der Waals surface area contributed by atoms with Gasteiger partial charge in [-0.25, -0.2) is 19.7 Å². The van der Waals surface area contributed by atoms with Gasteiger partial charge in [-0.3, -0.25) is 4.79 Å². The van der Waals surface area contributed by atoms with Gasteiger partial charge in [-0.15, -0.1) is 11.3 Å². The molecule has 0 radical (unpaired) electrons. The molecule has 1 unspecified atom stereocenters. The molecule has 1 atom stereocenters. The average Bonchev–Trinajstić information content (AvgIpc) is 3.68. The summed E-state index contributed by atoms with van der Waals surface area (Å²) in [6.07, 6.45) is 5.48. The predicted octanol–water partition coefficient (Wildman–Crippen LogP) is 4.94. The number of hydrazone groups is 1. The summed E-state index contributed by atoms with van der Waals surface area (Å²) in [5, 5.41) is 14.2. The first-order valence-corrected chi connectivity index (χ1v) is 12.5. The van der Waals surface area contributed by atoms with Crippen LogP contribution in [0.2, 0.25) is 0 Å². The van der Waals surface area contributed by atoms with Gasteiger partial charge in [0.05, 0.1) is 39.9 Å². The Morgan fingerprint density at radius 2 is 2.03 bits per heavy atom. The second kappa shape index (κ2) is 8.88. The largest absolute Gasteiger partial charge is 0.467 e. The summed E-state index contributed by atoms with van der Waals surface area (Å²) in [7, 11) is 0. The van der Waals surface area contributed by atoms with Crippen molar-refractivity contribution in [2.45, 2.75) is 17.5 Å². The van der Waals surface area contributed by atoms with Gasteiger partial charge in [-0.2, -0.15) is 10.2 Å². The SMILES string of the molecule is O=C(CSc1ncnc2c1cnn2-c1ccccc1)N1N=C(c2cccs2)CC1c1ccco1. The maximum atomic E-state index is 13.3. The molecule has 0 saturated carbocycles. The molecule has 5 heterocycles. The Morgan fingerprint density at radius 3 is 2.82 bits per heavy atom. The Bertz CT molecular complexity index is 1460. The minimum atomic E-state index is -0.258. The van der Waals surface area contributed by atoms with E-state index in [4.69, 9.17) is 4.42 Å². The minimum absolute atomic E-state index is 0.111. The molecule has 0 saturated heterocycles. The van der Waals surface area contributed by atoms with E-state index in [9.17, 15) is 4.79 Å². The number of hydrogen-bond donors (Lipinski definition) is 0. The van der Waals surface area contributed by atoms with Gasteiger partial charge in [0.2, 0.25) is 0 Å². The highest BCUT2D eigenvalue weighted by molar-refractivity contribution is 8.00. The molecule has 0 N–H and O–H groups in total. The van der Waals surface area contributed by atoms with Crippen LogP contribution >= 0.6 is 23.1 Å². The van der Waals surface area contributed by atoms with Crippen LogP contribution in [-0.4, -0.2) is 42.1 Å². The smallest absolute Gasteiger partial charge is 0.253 e. The second-order valence-electron chi connectivity index (χ2n) is 7.59. The number of thioether (sulfide) groups is 1. The van der Waals surface area contributed by atoms with Crippen LogP contribution < -0.4 is 0 Å². The predicted molar refractivity (Wildman–Crippen MR) is 131 cm³/mol. The number of para-hydroxylation sites is 1. The van der Waals surface area contributed by atoms with Crippen molar-refractivity contribution in [2.75, 3.05) is 5.75 Å². The lowest BCUT2D eigenvalue weighted by molar-refractivity contribution is -0.130. The summed E-state index contributed by atoms with van der Waals surface area (Å²) in [6.45, 7) is 0. The first-order chi connectivity index (χ1) is 16.8. The van der Waals surface area contributed by atoms with Crippen LogP contribution in [-0.2, 0) is 4.79 Å². The Balaban J connectivity index is 1.25. The third kappa shape index (κ3) is 3.80. The van der Waals surface area contributed by atoms with Crippen molar-refractivity contribution < 1.29 is 9.21 Å². The fourth-order valence-corrected chi connectivity index (χ4v) is 5.46. The highest BCUT2D eigenvalue weighted by Crippen LogP contribution is 2.35. The fourth-order valence-electron chi connectivity index (χ4n) is 3.93. The zero-order valence-electron chi connectivity index (χ0n) is 17.8. The number of carbonyl (C=O) groups excluding carboxylic acids is 1. The zero-order chi connectivity index (χ0) is 22.9. The Labute approximate surface area is 202 Å². The molecule has 0 fully saturated rings. The molecule has 8 nitrogen and oxygen atoms in total. The van der Waals surface area contributed by atoms with E-state index in [0.29, 0.717) is 17.1 Å². The summed E-state index contributed by atoms with van der Waals surface area (Å²) in [5.41, 5.74) is 2.50.